The van der Waals surface area contributed by atoms with Crippen LogP contribution in [-0.4, -0.2) is 33.4 Å². The summed E-state index contributed by atoms with van der Waals surface area (Å²) in [5.74, 6) is -1.71. The van der Waals surface area contributed by atoms with Gasteiger partial charge in [0.05, 0.1) is 27.9 Å². The Bertz CT molecular complexity index is 1500. The van der Waals surface area contributed by atoms with Gasteiger partial charge in [-0.2, -0.15) is 5.10 Å². The molecule has 0 radical (unpaired) electrons. The molecule has 2 aromatic carbocycles. The van der Waals surface area contributed by atoms with E-state index in [9.17, 15) is 18.4 Å². The van der Waals surface area contributed by atoms with E-state index in [0.717, 1.165) is 17.0 Å². The van der Waals surface area contributed by atoms with Gasteiger partial charge in [-0.3, -0.25) is 9.59 Å². The van der Waals surface area contributed by atoms with E-state index in [1.54, 1.807) is 25.1 Å². The molecule has 2 aliphatic rings. The van der Waals surface area contributed by atoms with E-state index >= 15 is 0 Å². The third-order valence-corrected chi connectivity index (χ3v) is 5.47. The van der Waals surface area contributed by atoms with Crippen molar-refractivity contribution in [3.8, 4) is 17.2 Å². The highest BCUT2D eigenvalue weighted by Gasteiger charge is 2.40. The predicted octanol–water partition coefficient (Wildman–Crippen LogP) is 3.54. The maximum Gasteiger partial charge on any atom is 0.267 e. The normalized spacial score (nSPS) is 14.5. The van der Waals surface area contributed by atoms with Gasteiger partial charge >= 0.3 is 0 Å². The molecule has 2 amide bonds. The third-order valence-electron chi connectivity index (χ3n) is 5.47. The number of imide groups is 1. The molecule has 0 bridgehead atoms. The van der Waals surface area contributed by atoms with Crippen molar-refractivity contribution in [3.05, 3.63) is 71.1 Å². The average molecular weight is 434 g/mol. The van der Waals surface area contributed by atoms with Crippen LogP contribution in [0.1, 0.15) is 26.4 Å². The van der Waals surface area contributed by atoms with Crippen LogP contribution in [0, 0.1) is 18.6 Å². The second kappa shape index (κ2) is 6.33. The molecule has 158 valence electrons. The number of aryl methyl sites for hydroxylation is 1. The zero-order valence-corrected chi connectivity index (χ0v) is 16.4. The maximum atomic E-state index is 14.4. The van der Waals surface area contributed by atoms with E-state index in [0.29, 0.717) is 28.3 Å². The van der Waals surface area contributed by atoms with Crippen LogP contribution in [0.15, 0.2) is 42.6 Å². The number of carbonyl (C=O) groups is 2. The molecule has 10 heteroatoms. The van der Waals surface area contributed by atoms with Crippen molar-refractivity contribution in [1.82, 2.24) is 14.8 Å². The Labute approximate surface area is 178 Å². The van der Waals surface area contributed by atoms with E-state index in [1.807, 2.05) is 0 Å². The number of rotatable bonds is 2. The second-order valence-electron chi connectivity index (χ2n) is 7.32. The fraction of sp³-hybridized carbons (Fsp3) is 0.0909. The van der Waals surface area contributed by atoms with E-state index < -0.39 is 23.4 Å². The van der Waals surface area contributed by atoms with E-state index in [1.165, 1.54) is 16.9 Å². The second-order valence-corrected chi connectivity index (χ2v) is 7.32. The van der Waals surface area contributed by atoms with Gasteiger partial charge in [-0.25, -0.2) is 23.3 Å². The number of aromatic nitrogens is 3. The van der Waals surface area contributed by atoms with Crippen LogP contribution in [0.2, 0.25) is 0 Å². The van der Waals surface area contributed by atoms with Crippen molar-refractivity contribution >= 4 is 28.5 Å². The van der Waals surface area contributed by atoms with Gasteiger partial charge in [0.25, 0.3) is 11.8 Å². The molecule has 0 fully saturated rings. The van der Waals surface area contributed by atoms with Crippen LogP contribution in [-0.2, 0) is 0 Å². The molecule has 0 N–H and O–H groups in total. The summed E-state index contributed by atoms with van der Waals surface area (Å²) in [6.07, 6.45) is 1.27. The minimum absolute atomic E-state index is 0.0265. The molecule has 6 rings (SSSR count). The number of anilines is 1. The van der Waals surface area contributed by atoms with Crippen molar-refractivity contribution in [2.24, 2.45) is 0 Å². The zero-order valence-electron chi connectivity index (χ0n) is 16.4. The van der Waals surface area contributed by atoms with Crippen molar-refractivity contribution in [1.29, 1.82) is 0 Å². The molecule has 2 aromatic heterocycles. The Kier molecular flexibility index (Phi) is 3.65. The quantitative estimate of drug-likeness (QED) is 0.449. The number of ether oxygens (including phenoxy) is 2. The molecule has 4 heterocycles. The minimum Gasteiger partial charge on any atom is -0.454 e. The van der Waals surface area contributed by atoms with Gasteiger partial charge < -0.3 is 9.47 Å². The molecule has 0 unspecified atom stereocenters. The van der Waals surface area contributed by atoms with Gasteiger partial charge in [0.1, 0.15) is 11.5 Å². The van der Waals surface area contributed by atoms with Gasteiger partial charge in [0, 0.05) is 18.3 Å². The highest BCUT2D eigenvalue weighted by Crippen LogP contribution is 2.39. The highest BCUT2D eigenvalue weighted by atomic mass is 19.1. The number of halogens is 2. The topological polar surface area (TPSA) is 86.6 Å². The molecule has 8 nitrogen and oxygen atoms in total. The van der Waals surface area contributed by atoms with Crippen LogP contribution in [0.3, 0.4) is 0 Å². The van der Waals surface area contributed by atoms with Crippen LogP contribution >= 0.6 is 0 Å². The number of amides is 2. The highest BCUT2D eigenvalue weighted by molar-refractivity contribution is 6.37. The zero-order chi connectivity index (χ0) is 22.1. The van der Waals surface area contributed by atoms with Crippen LogP contribution in [0.4, 0.5) is 14.5 Å². The molecule has 32 heavy (non-hydrogen) atoms. The Morgan fingerprint density at radius 1 is 1.00 bits per heavy atom. The lowest BCUT2D eigenvalue weighted by Gasteiger charge is -2.14. The first-order valence-corrected chi connectivity index (χ1v) is 9.56. The Hall–Kier alpha value is -4.34. The monoisotopic (exact) mass is 434 g/mol. The first kappa shape index (κ1) is 18.4. The Morgan fingerprint density at radius 2 is 1.81 bits per heavy atom. The van der Waals surface area contributed by atoms with Crippen molar-refractivity contribution in [2.45, 2.75) is 6.92 Å². The van der Waals surface area contributed by atoms with Gasteiger partial charge in [-0.15, -0.1) is 0 Å². The minimum atomic E-state index is -0.832. The smallest absolute Gasteiger partial charge is 0.267 e. The number of nitrogens with zero attached hydrogens (tertiary/aromatic N) is 4. The Balaban J connectivity index is 1.52. The number of carbonyl (C=O) groups excluding carboxylic acids is 2. The SMILES string of the molecule is Cc1nn(-c2ccc(F)cc2F)c2ncc3c(c12)C(=O)N(c1ccc2c(c1)OCO2)C3=O. The molecule has 0 saturated carbocycles. The average Bonchev–Trinajstić information content (AvgIpc) is 3.43. The maximum absolute atomic E-state index is 14.4. The summed E-state index contributed by atoms with van der Waals surface area (Å²) >= 11 is 0. The van der Waals surface area contributed by atoms with Crippen LogP contribution < -0.4 is 14.4 Å². The Morgan fingerprint density at radius 3 is 2.62 bits per heavy atom. The molecule has 2 aliphatic heterocycles. The number of pyridine rings is 1. The standard InChI is InChI=1S/C22H12F2N4O4/c1-10-18-19-13(8-25-20(18)28(26-10)15-4-2-11(23)6-14(15)24)21(29)27(22(19)30)12-3-5-16-17(7-12)32-9-31-16/h2-8H,9H2,1H3. The molecule has 4 aromatic rings. The number of benzene rings is 2. The molecule has 0 atom stereocenters. The summed E-state index contributed by atoms with van der Waals surface area (Å²) in [5.41, 5.74) is 1.10. The summed E-state index contributed by atoms with van der Waals surface area (Å²) in [4.78, 5) is 31.8. The lowest BCUT2D eigenvalue weighted by Crippen LogP contribution is -2.29. The van der Waals surface area contributed by atoms with Crippen LogP contribution in [0.25, 0.3) is 16.7 Å². The van der Waals surface area contributed by atoms with Crippen LogP contribution in [0.5, 0.6) is 11.5 Å². The molecule has 0 aliphatic carbocycles. The first-order chi connectivity index (χ1) is 15.4. The van der Waals surface area contributed by atoms with Gasteiger partial charge in [-0.05, 0) is 31.2 Å². The van der Waals surface area contributed by atoms with Gasteiger partial charge in [-0.1, -0.05) is 0 Å². The fourth-order valence-electron chi connectivity index (χ4n) is 4.04. The van der Waals surface area contributed by atoms with E-state index in [2.05, 4.69) is 10.1 Å². The van der Waals surface area contributed by atoms with Crippen molar-refractivity contribution < 1.29 is 27.8 Å². The lowest BCUT2D eigenvalue weighted by atomic mass is 10.1. The van der Waals surface area contributed by atoms with Gasteiger partial charge in [0.15, 0.2) is 23.0 Å². The third kappa shape index (κ3) is 2.40. The largest absolute Gasteiger partial charge is 0.454 e. The summed E-state index contributed by atoms with van der Waals surface area (Å²) in [5, 5.41) is 4.63. The summed E-state index contributed by atoms with van der Waals surface area (Å²) in [6, 6.07) is 7.84. The number of hydrogen-bond donors (Lipinski definition) is 0. The van der Waals surface area contributed by atoms with Crippen molar-refractivity contribution in [3.63, 3.8) is 0 Å². The lowest BCUT2D eigenvalue weighted by molar-refractivity contribution is 0.0926. The van der Waals surface area contributed by atoms with Gasteiger partial charge in [0.2, 0.25) is 6.79 Å². The summed E-state index contributed by atoms with van der Waals surface area (Å²) in [7, 11) is 0. The predicted molar refractivity (Wildman–Crippen MR) is 107 cm³/mol. The van der Waals surface area contributed by atoms with E-state index in [4.69, 9.17) is 9.47 Å². The molecular formula is C22H12F2N4O4. The molecule has 0 spiro atoms. The van der Waals surface area contributed by atoms with Crippen molar-refractivity contribution in [2.75, 3.05) is 11.7 Å². The molecular weight excluding hydrogens is 422 g/mol. The number of hydrogen-bond acceptors (Lipinski definition) is 6. The number of fused-ring (bicyclic) bond motifs is 4. The summed E-state index contributed by atoms with van der Waals surface area (Å²) < 4.78 is 39.6. The molecule has 0 saturated heterocycles. The van der Waals surface area contributed by atoms with E-state index in [-0.39, 0.29) is 29.3 Å². The summed E-state index contributed by atoms with van der Waals surface area (Å²) in [6.45, 7) is 1.69. The first-order valence-electron chi connectivity index (χ1n) is 9.56. The fourth-order valence-corrected chi connectivity index (χ4v) is 4.04.